The van der Waals surface area contributed by atoms with Crippen molar-refractivity contribution in [3.05, 3.63) is 0 Å². The van der Waals surface area contributed by atoms with Gasteiger partial charge in [0.25, 0.3) is 0 Å². The van der Waals surface area contributed by atoms with Crippen LogP contribution in [0.5, 0.6) is 0 Å². The molecule has 3 atom stereocenters. The number of hydrogen-bond donors (Lipinski definition) is 1. The average Bonchev–Trinajstić information content (AvgIpc) is 3.11. The molecular weight excluding hydrogens is 218 g/mol. The lowest BCUT2D eigenvalue weighted by molar-refractivity contribution is -0.148. The third-order valence-corrected chi connectivity index (χ3v) is 4.23. The minimum Gasteiger partial charge on any atom is -0.481 e. The molecule has 4 heteroatoms. The fourth-order valence-corrected chi connectivity index (χ4v) is 2.68. The Bertz CT molecular complexity index is 325. The molecule has 17 heavy (non-hydrogen) atoms. The molecule has 1 amide bonds. The number of carboxylic acids is 1. The predicted octanol–water partition coefficient (Wildman–Crippen LogP) is 1.74. The molecule has 1 aliphatic carbocycles. The summed E-state index contributed by atoms with van der Waals surface area (Å²) in [5, 5.41) is 9.05. The van der Waals surface area contributed by atoms with Gasteiger partial charge in [0.2, 0.25) is 5.91 Å². The predicted molar refractivity (Wildman–Crippen MR) is 63.4 cm³/mol. The van der Waals surface area contributed by atoms with Gasteiger partial charge in [-0.1, -0.05) is 6.92 Å². The molecule has 0 radical (unpaired) electrons. The van der Waals surface area contributed by atoms with Gasteiger partial charge in [-0.3, -0.25) is 9.59 Å². The van der Waals surface area contributed by atoms with Crippen LogP contribution in [-0.2, 0) is 9.59 Å². The van der Waals surface area contributed by atoms with Crippen LogP contribution in [0.25, 0.3) is 0 Å². The maximum absolute atomic E-state index is 12.3. The Labute approximate surface area is 102 Å². The van der Waals surface area contributed by atoms with Crippen LogP contribution < -0.4 is 0 Å². The zero-order valence-corrected chi connectivity index (χ0v) is 10.6. The Kier molecular flexibility index (Phi) is 3.40. The maximum atomic E-state index is 12.3. The van der Waals surface area contributed by atoms with E-state index in [1.807, 2.05) is 13.8 Å². The van der Waals surface area contributed by atoms with Crippen molar-refractivity contribution < 1.29 is 14.7 Å². The molecule has 1 N–H and O–H groups in total. The molecule has 2 aliphatic rings. The number of aliphatic carboxylic acids is 1. The van der Waals surface area contributed by atoms with E-state index in [4.69, 9.17) is 5.11 Å². The van der Waals surface area contributed by atoms with Crippen LogP contribution in [0.3, 0.4) is 0 Å². The van der Waals surface area contributed by atoms with Crippen LogP contribution in [0.2, 0.25) is 0 Å². The van der Waals surface area contributed by atoms with Gasteiger partial charge >= 0.3 is 5.97 Å². The number of rotatable bonds is 3. The third-order valence-electron chi connectivity index (χ3n) is 4.23. The molecule has 2 rings (SSSR count). The topological polar surface area (TPSA) is 57.6 Å². The van der Waals surface area contributed by atoms with E-state index in [1.165, 1.54) is 0 Å². The van der Waals surface area contributed by atoms with E-state index in [0.29, 0.717) is 18.9 Å². The van der Waals surface area contributed by atoms with E-state index in [9.17, 15) is 9.59 Å². The molecule has 96 valence electrons. The fourth-order valence-electron chi connectivity index (χ4n) is 2.68. The summed E-state index contributed by atoms with van der Waals surface area (Å²) in [6.45, 7) is 4.40. The number of hydrogen-bond acceptors (Lipinski definition) is 2. The molecule has 0 aromatic rings. The normalized spacial score (nSPS) is 31.1. The third kappa shape index (κ3) is 2.61. The summed E-state index contributed by atoms with van der Waals surface area (Å²) in [4.78, 5) is 25.1. The summed E-state index contributed by atoms with van der Waals surface area (Å²) in [5.41, 5.74) is 0. The van der Waals surface area contributed by atoms with Gasteiger partial charge in [-0.05, 0) is 38.5 Å². The summed E-state index contributed by atoms with van der Waals surface area (Å²) in [6, 6.07) is 0.194. The highest BCUT2D eigenvalue weighted by Crippen LogP contribution is 2.38. The van der Waals surface area contributed by atoms with Crippen molar-refractivity contribution in [2.24, 2.45) is 17.8 Å². The Morgan fingerprint density at radius 2 is 1.88 bits per heavy atom. The summed E-state index contributed by atoms with van der Waals surface area (Å²) in [7, 11) is 0. The van der Waals surface area contributed by atoms with Gasteiger partial charge in [0.15, 0.2) is 0 Å². The number of amides is 1. The van der Waals surface area contributed by atoms with Gasteiger partial charge in [-0.15, -0.1) is 0 Å². The first-order valence-corrected chi connectivity index (χ1v) is 6.54. The molecule has 1 heterocycles. The first-order valence-electron chi connectivity index (χ1n) is 6.54. The van der Waals surface area contributed by atoms with Crippen molar-refractivity contribution in [2.75, 3.05) is 6.54 Å². The van der Waals surface area contributed by atoms with Crippen LogP contribution in [0.4, 0.5) is 0 Å². The molecule has 3 unspecified atom stereocenters. The summed E-state index contributed by atoms with van der Waals surface area (Å²) in [5.74, 6) is -0.369. The molecular formula is C13H21NO3. The van der Waals surface area contributed by atoms with E-state index in [2.05, 4.69) is 0 Å². The number of nitrogens with zero attached hydrogens (tertiary/aromatic N) is 1. The van der Waals surface area contributed by atoms with Crippen molar-refractivity contribution in [1.29, 1.82) is 0 Å². The Hall–Kier alpha value is -1.06. The summed E-state index contributed by atoms with van der Waals surface area (Å²) < 4.78 is 0. The first-order chi connectivity index (χ1) is 8.00. The molecule has 4 nitrogen and oxygen atoms in total. The van der Waals surface area contributed by atoms with E-state index in [-0.39, 0.29) is 23.8 Å². The monoisotopic (exact) mass is 239 g/mol. The fraction of sp³-hybridized carbons (Fsp3) is 0.846. The quantitative estimate of drug-likeness (QED) is 0.816. The number of carboxylic acid groups (broad SMARTS) is 1. The SMILES string of the molecule is CC(C(=O)N1CC(C(=O)O)CCC1C)C1CC1. The van der Waals surface area contributed by atoms with Gasteiger partial charge in [-0.25, -0.2) is 0 Å². The molecule has 2 fully saturated rings. The van der Waals surface area contributed by atoms with Crippen molar-refractivity contribution in [3.8, 4) is 0 Å². The van der Waals surface area contributed by atoms with E-state index < -0.39 is 5.97 Å². The van der Waals surface area contributed by atoms with Crippen molar-refractivity contribution in [3.63, 3.8) is 0 Å². The second-order valence-electron chi connectivity index (χ2n) is 5.58. The molecule has 0 aromatic carbocycles. The number of piperidine rings is 1. The first kappa shape index (κ1) is 12.4. The summed E-state index contributed by atoms with van der Waals surface area (Å²) in [6.07, 6.45) is 3.80. The highest BCUT2D eigenvalue weighted by atomic mass is 16.4. The molecule has 0 spiro atoms. The van der Waals surface area contributed by atoms with Crippen LogP contribution >= 0.6 is 0 Å². The molecule has 0 bridgehead atoms. The molecule has 1 saturated heterocycles. The van der Waals surface area contributed by atoms with Gasteiger partial charge in [-0.2, -0.15) is 0 Å². The highest BCUT2D eigenvalue weighted by molar-refractivity contribution is 5.80. The minimum absolute atomic E-state index is 0.0741. The molecule has 0 aromatic heterocycles. The van der Waals surface area contributed by atoms with E-state index in [1.54, 1.807) is 4.90 Å². The van der Waals surface area contributed by atoms with Crippen LogP contribution in [0.15, 0.2) is 0 Å². The Morgan fingerprint density at radius 3 is 2.41 bits per heavy atom. The van der Waals surface area contributed by atoms with Crippen molar-refractivity contribution >= 4 is 11.9 Å². The Balaban J connectivity index is 2.01. The van der Waals surface area contributed by atoms with Crippen LogP contribution in [0, 0.1) is 17.8 Å². The minimum atomic E-state index is -0.770. The standard InChI is InChI=1S/C13H21NO3/c1-8-3-4-11(13(16)17)7-14(8)12(15)9(2)10-5-6-10/h8-11H,3-7H2,1-2H3,(H,16,17). The lowest BCUT2D eigenvalue weighted by Crippen LogP contribution is -2.49. The second-order valence-corrected chi connectivity index (χ2v) is 5.58. The average molecular weight is 239 g/mol. The lowest BCUT2D eigenvalue weighted by Gasteiger charge is -2.38. The number of likely N-dealkylation sites (tertiary alicyclic amines) is 1. The van der Waals surface area contributed by atoms with Gasteiger partial charge in [0.1, 0.15) is 0 Å². The van der Waals surface area contributed by atoms with Gasteiger partial charge in [0, 0.05) is 18.5 Å². The molecule has 1 aliphatic heterocycles. The highest BCUT2D eigenvalue weighted by Gasteiger charge is 2.39. The second kappa shape index (κ2) is 4.67. The van der Waals surface area contributed by atoms with E-state index >= 15 is 0 Å². The van der Waals surface area contributed by atoms with Crippen LogP contribution in [0.1, 0.15) is 39.5 Å². The van der Waals surface area contributed by atoms with Gasteiger partial charge < -0.3 is 10.0 Å². The van der Waals surface area contributed by atoms with Crippen LogP contribution in [-0.4, -0.2) is 34.5 Å². The number of carbonyl (C=O) groups is 2. The zero-order valence-electron chi connectivity index (χ0n) is 10.6. The van der Waals surface area contributed by atoms with Crippen molar-refractivity contribution in [2.45, 2.75) is 45.6 Å². The smallest absolute Gasteiger partial charge is 0.308 e. The lowest BCUT2D eigenvalue weighted by atomic mass is 9.91. The molecule has 1 saturated carbocycles. The Morgan fingerprint density at radius 1 is 1.24 bits per heavy atom. The number of carbonyl (C=O) groups excluding carboxylic acids is 1. The largest absolute Gasteiger partial charge is 0.481 e. The van der Waals surface area contributed by atoms with E-state index in [0.717, 1.165) is 19.3 Å². The summed E-state index contributed by atoms with van der Waals surface area (Å²) >= 11 is 0. The zero-order chi connectivity index (χ0) is 12.6. The van der Waals surface area contributed by atoms with Gasteiger partial charge in [0.05, 0.1) is 5.92 Å². The van der Waals surface area contributed by atoms with Crippen molar-refractivity contribution in [1.82, 2.24) is 4.90 Å². The maximum Gasteiger partial charge on any atom is 0.308 e.